The Morgan fingerprint density at radius 3 is 2.46 bits per heavy atom. The van der Waals surface area contributed by atoms with Gasteiger partial charge in [0.1, 0.15) is 0 Å². The van der Waals surface area contributed by atoms with Crippen LogP contribution in [0.25, 0.3) is 0 Å². The fraction of sp³-hybridized carbons (Fsp3) is 0.368. The molecule has 0 bridgehead atoms. The second kappa shape index (κ2) is 9.35. The number of carbonyl (C=O) groups is 2. The summed E-state index contributed by atoms with van der Waals surface area (Å²) in [4.78, 5) is 26.8. The topological polar surface area (TPSA) is 49.4 Å². The van der Waals surface area contributed by atoms with Crippen LogP contribution in [0.4, 0.5) is 0 Å². The van der Waals surface area contributed by atoms with Crippen LogP contribution in [0.15, 0.2) is 47.8 Å². The number of nitrogens with one attached hydrogen (secondary N) is 1. The van der Waals surface area contributed by atoms with Gasteiger partial charge in [-0.2, -0.15) is 0 Å². The van der Waals surface area contributed by atoms with Crippen LogP contribution in [0.1, 0.15) is 28.1 Å². The van der Waals surface area contributed by atoms with Crippen LogP contribution in [0.3, 0.4) is 0 Å². The molecule has 2 rings (SSSR count). The van der Waals surface area contributed by atoms with E-state index in [1.807, 2.05) is 43.7 Å². The summed E-state index contributed by atoms with van der Waals surface area (Å²) < 4.78 is 0. The van der Waals surface area contributed by atoms with E-state index >= 15 is 0 Å². The normalized spacial score (nSPS) is 12.1. The summed E-state index contributed by atoms with van der Waals surface area (Å²) in [6.45, 7) is 0.577. The van der Waals surface area contributed by atoms with E-state index < -0.39 is 0 Å². The van der Waals surface area contributed by atoms with Gasteiger partial charge in [0.05, 0.1) is 4.88 Å². The van der Waals surface area contributed by atoms with Gasteiger partial charge in [0.2, 0.25) is 5.91 Å². The number of hydrogen-bond acceptors (Lipinski definition) is 4. The lowest BCUT2D eigenvalue weighted by atomic mass is 10.1. The van der Waals surface area contributed by atoms with E-state index in [1.165, 1.54) is 16.9 Å². The Morgan fingerprint density at radius 1 is 1.08 bits per heavy atom. The predicted octanol–water partition coefficient (Wildman–Crippen LogP) is 3.00. The Morgan fingerprint density at radius 2 is 1.83 bits per heavy atom. The van der Waals surface area contributed by atoms with Gasteiger partial charge < -0.3 is 10.2 Å². The van der Waals surface area contributed by atoms with Crippen molar-refractivity contribution in [1.82, 2.24) is 10.2 Å². The molecule has 5 heteroatoms. The number of rotatable bonds is 9. The van der Waals surface area contributed by atoms with Crippen molar-refractivity contribution >= 4 is 23.0 Å². The first-order valence-electron chi connectivity index (χ1n) is 8.10. The second-order valence-corrected chi connectivity index (χ2v) is 6.96. The van der Waals surface area contributed by atoms with Gasteiger partial charge >= 0.3 is 0 Å². The molecule has 1 heterocycles. The van der Waals surface area contributed by atoms with E-state index in [-0.39, 0.29) is 30.6 Å². The molecule has 1 amide bonds. The average Bonchev–Trinajstić information content (AvgIpc) is 3.11. The van der Waals surface area contributed by atoms with Crippen LogP contribution in [-0.2, 0) is 11.2 Å². The minimum Gasteiger partial charge on any atom is -0.355 e. The molecule has 1 aromatic carbocycles. The summed E-state index contributed by atoms with van der Waals surface area (Å²) in [6, 6.07) is 14.1. The highest BCUT2D eigenvalue weighted by Crippen LogP contribution is 2.12. The summed E-state index contributed by atoms with van der Waals surface area (Å²) >= 11 is 1.42. The number of carbonyl (C=O) groups excluding carboxylic acids is 2. The number of thiophene rings is 1. The molecule has 0 aliphatic rings. The van der Waals surface area contributed by atoms with Gasteiger partial charge in [-0.1, -0.05) is 36.4 Å². The van der Waals surface area contributed by atoms with Crippen LogP contribution >= 0.6 is 11.3 Å². The van der Waals surface area contributed by atoms with Gasteiger partial charge in [0.25, 0.3) is 0 Å². The van der Waals surface area contributed by atoms with Gasteiger partial charge in [-0.3, -0.25) is 9.59 Å². The van der Waals surface area contributed by atoms with Crippen molar-refractivity contribution < 1.29 is 9.59 Å². The summed E-state index contributed by atoms with van der Waals surface area (Å²) in [7, 11) is 4.03. The summed E-state index contributed by atoms with van der Waals surface area (Å²) in [6.07, 6.45) is 1.38. The zero-order valence-electron chi connectivity index (χ0n) is 14.2. The van der Waals surface area contributed by atoms with Gasteiger partial charge in [0, 0.05) is 25.4 Å². The van der Waals surface area contributed by atoms with Crippen molar-refractivity contribution in [3.63, 3.8) is 0 Å². The fourth-order valence-electron chi connectivity index (χ4n) is 2.43. The van der Waals surface area contributed by atoms with Crippen LogP contribution in [0, 0.1) is 0 Å². The largest absolute Gasteiger partial charge is 0.355 e. The van der Waals surface area contributed by atoms with Gasteiger partial charge in [-0.05, 0) is 37.5 Å². The molecule has 0 radical (unpaired) electrons. The molecule has 0 aliphatic heterocycles. The Hall–Kier alpha value is -1.98. The quantitative estimate of drug-likeness (QED) is 0.712. The van der Waals surface area contributed by atoms with Crippen LogP contribution < -0.4 is 5.32 Å². The van der Waals surface area contributed by atoms with Crippen molar-refractivity contribution in [1.29, 1.82) is 0 Å². The number of likely N-dealkylation sites (N-methyl/N-ethyl adjacent to an activating group) is 1. The zero-order valence-corrected chi connectivity index (χ0v) is 15.0. The molecule has 1 aromatic heterocycles. The van der Waals surface area contributed by atoms with E-state index in [9.17, 15) is 9.59 Å². The number of ketones is 1. The van der Waals surface area contributed by atoms with E-state index in [4.69, 9.17) is 0 Å². The van der Waals surface area contributed by atoms with Crippen molar-refractivity contribution in [2.24, 2.45) is 0 Å². The molecular weight excluding hydrogens is 320 g/mol. The van der Waals surface area contributed by atoms with Crippen molar-refractivity contribution in [3.05, 3.63) is 58.3 Å². The minimum atomic E-state index is -0.0696. The molecule has 128 valence electrons. The van der Waals surface area contributed by atoms with E-state index in [0.29, 0.717) is 6.54 Å². The Kier molecular flexibility index (Phi) is 7.15. The molecule has 0 unspecified atom stereocenters. The highest BCUT2D eigenvalue weighted by Gasteiger charge is 2.15. The molecule has 1 atom stereocenters. The molecule has 0 spiro atoms. The van der Waals surface area contributed by atoms with E-state index in [2.05, 4.69) is 22.3 Å². The molecule has 0 fully saturated rings. The fourth-order valence-corrected chi connectivity index (χ4v) is 3.13. The van der Waals surface area contributed by atoms with E-state index in [0.717, 1.165) is 11.3 Å². The third-order valence-corrected chi connectivity index (χ3v) is 4.87. The smallest absolute Gasteiger partial charge is 0.220 e. The lowest BCUT2D eigenvalue weighted by molar-refractivity contribution is -0.121. The molecule has 24 heavy (non-hydrogen) atoms. The number of hydrogen-bond donors (Lipinski definition) is 1. The first-order chi connectivity index (χ1) is 11.6. The number of benzene rings is 1. The second-order valence-electron chi connectivity index (χ2n) is 6.01. The number of amides is 1. The molecule has 1 N–H and O–H groups in total. The zero-order chi connectivity index (χ0) is 17.4. The SMILES string of the molecule is CN(C)[C@@H](CNC(=O)CCC(=O)c1cccs1)Cc1ccccc1. The Balaban J connectivity index is 1.76. The molecule has 2 aromatic rings. The van der Waals surface area contributed by atoms with Crippen molar-refractivity contribution in [3.8, 4) is 0 Å². The number of nitrogens with zero attached hydrogens (tertiary/aromatic N) is 1. The van der Waals surface area contributed by atoms with Crippen molar-refractivity contribution in [2.45, 2.75) is 25.3 Å². The average molecular weight is 344 g/mol. The first-order valence-corrected chi connectivity index (χ1v) is 8.98. The van der Waals surface area contributed by atoms with Crippen LogP contribution in [-0.4, -0.2) is 43.3 Å². The van der Waals surface area contributed by atoms with E-state index in [1.54, 1.807) is 6.07 Å². The molecule has 4 nitrogen and oxygen atoms in total. The summed E-state index contributed by atoms with van der Waals surface area (Å²) in [5.41, 5.74) is 1.25. The maximum Gasteiger partial charge on any atom is 0.220 e. The summed E-state index contributed by atoms with van der Waals surface area (Å²) in [5, 5.41) is 4.83. The van der Waals surface area contributed by atoms with Crippen molar-refractivity contribution in [2.75, 3.05) is 20.6 Å². The highest BCUT2D eigenvalue weighted by atomic mass is 32.1. The minimum absolute atomic E-state index is 0.0357. The lowest BCUT2D eigenvalue weighted by Gasteiger charge is -2.24. The standard InChI is InChI=1S/C19H24N2O2S/c1-21(2)16(13-15-7-4-3-5-8-15)14-20-19(23)11-10-17(22)18-9-6-12-24-18/h3-9,12,16H,10-11,13-14H2,1-2H3,(H,20,23)/t16-/m1/s1. The van der Waals surface area contributed by atoms with Crippen LogP contribution in [0.2, 0.25) is 0 Å². The monoisotopic (exact) mass is 344 g/mol. The Labute approximate surface area is 147 Å². The summed E-state index contributed by atoms with van der Waals surface area (Å²) in [5.74, 6) is -0.0339. The maximum absolute atomic E-state index is 12.0. The first kappa shape index (κ1) is 18.4. The molecule has 0 saturated carbocycles. The van der Waals surface area contributed by atoms with Gasteiger partial charge in [-0.25, -0.2) is 0 Å². The third kappa shape index (κ3) is 5.91. The maximum atomic E-state index is 12.0. The molecule has 0 aliphatic carbocycles. The lowest BCUT2D eigenvalue weighted by Crippen LogP contribution is -2.41. The molecular formula is C19H24N2O2S. The molecule has 0 saturated heterocycles. The third-order valence-electron chi connectivity index (χ3n) is 3.95. The number of Topliss-reactive ketones (excluding diaryl/α,β-unsaturated/α-hetero) is 1. The highest BCUT2D eigenvalue weighted by molar-refractivity contribution is 7.12. The Bertz CT molecular complexity index is 639. The predicted molar refractivity (Wildman–Crippen MR) is 98.5 cm³/mol. The van der Waals surface area contributed by atoms with Gasteiger partial charge in [-0.15, -0.1) is 11.3 Å². The van der Waals surface area contributed by atoms with Crippen LogP contribution in [0.5, 0.6) is 0 Å². The van der Waals surface area contributed by atoms with Gasteiger partial charge in [0.15, 0.2) is 5.78 Å².